The molecule has 2 atom stereocenters. The van der Waals surface area contributed by atoms with E-state index in [0.29, 0.717) is 18.5 Å². The van der Waals surface area contributed by atoms with Gasteiger partial charge in [-0.1, -0.05) is 60.7 Å². The Hall–Kier alpha value is -3.68. The molecule has 7 nitrogen and oxygen atoms in total. The number of methoxy groups -OCH3 is 1. The van der Waals surface area contributed by atoms with Crippen molar-refractivity contribution in [3.63, 3.8) is 0 Å². The lowest BCUT2D eigenvalue weighted by Gasteiger charge is -2.36. The number of hydrogen-bond acceptors (Lipinski definition) is 5. The summed E-state index contributed by atoms with van der Waals surface area (Å²) in [6.45, 7) is 2.88. The highest BCUT2D eigenvalue weighted by Gasteiger charge is 2.34. The molecule has 0 bridgehead atoms. The largest absolute Gasteiger partial charge is 0.497 e. The number of amides is 2. The monoisotopic (exact) mass is 489 g/mol. The molecule has 0 unspecified atom stereocenters. The van der Waals surface area contributed by atoms with Gasteiger partial charge in [0.1, 0.15) is 5.75 Å². The molecule has 0 aromatic heterocycles. The summed E-state index contributed by atoms with van der Waals surface area (Å²) < 4.78 is 5.27. The molecule has 0 aliphatic heterocycles. The van der Waals surface area contributed by atoms with Gasteiger partial charge in [-0.25, -0.2) is 0 Å². The number of carbonyl (C=O) groups is 2. The molecule has 7 heteroatoms. The zero-order chi connectivity index (χ0) is 25.8. The van der Waals surface area contributed by atoms with Gasteiger partial charge in [-0.05, 0) is 48.7 Å². The van der Waals surface area contributed by atoms with Crippen LogP contribution in [0.15, 0.2) is 84.9 Å². The van der Waals surface area contributed by atoms with Crippen LogP contribution >= 0.6 is 0 Å². The number of benzene rings is 3. The third-order valence-corrected chi connectivity index (χ3v) is 6.05. The molecule has 3 aromatic carbocycles. The number of rotatable bonds is 13. The van der Waals surface area contributed by atoms with Crippen molar-refractivity contribution in [2.24, 2.45) is 0 Å². The first-order valence-corrected chi connectivity index (χ1v) is 12.1. The maximum absolute atomic E-state index is 12.8. The van der Waals surface area contributed by atoms with E-state index in [2.05, 4.69) is 16.0 Å². The molecule has 3 aromatic rings. The average molecular weight is 490 g/mol. The van der Waals surface area contributed by atoms with Crippen LogP contribution in [-0.4, -0.2) is 48.8 Å². The van der Waals surface area contributed by atoms with Crippen LogP contribution in [0.2, 0.25) is 0 Å². The summed E-state index contributed by atoms with van der Waals surface area (Å²) >= 11 is 0. The predicted octanol–water partition coefficient (Wildman–Crippen LogP) is 3.08. The smallest absolute Gasteiger partial charge is 0.251 e. The van der Waals surface area contributed by atoms with Gasteiger partial charge in [0.15, 0.2) is 0 Å². The Balaban J connectivity index is 1.58. The molecule has 0 heterocycles. The minimum Gasteiger partial charge on any atom is -0.497 e. The van der Waals surface area contributed by atoms with E-state index >= 15 is 0 Å². The fourth-order valence-corrected chi connectivity index (χ4v) is 3.99. The number of nitrogens with one attached hydrogen (secondary N) is 3. The lowest BCUT2D eigenvalue weighted by Crippen LogP contribution is -2.59. The van der Waals surface area contributed by atoms with E-state index < -0.39 is 11.6 Å². The molecule has 4 N–H and O–H groups in total. The molecule has 36 heavy (non-hydrogen) atoms. The minimum atomic E-state index is -0.913. The zero-order valence-electron chi connectivity index (χ0n) is 20.9. The van der Waals surface area contributed by atoms with Gasteiger partial charge in [0.2, 0.25) is 5.91 Å². The molecule has 0 fully saturated rings. The number of carbonyl (C=O) groups excluding carboxylic acids is 2. The summed E-state index contributed by atoms with van der Waals surface area (Å²) in [6.07, 6.45) is -0.295. The van der Waals surface area contributed by atoms with E-state index in [0.717, 1.165) is 16.9 Å². The molecule has 0 spiro atoms. The highest BCUT2D eigenvalue weighted by molar-refractivity contribution is 5.94. The molecule has 190 valence electrons. The first-order valence-electron chi connectivity index (χ1n) is 12.1. The average Bonchev–Trinajstić information content (AvgIpc) is 2.89. The summed E-state index contributed by atoms with van der Waals surface area (Å²) in [5, 5.41) is 20.2. The Labute approximate surface area is 212 Å². The quantitative estimate of drug-likeness (QED) is 0.296. The third-order valence-electron chi connectivity index (χ3n) is 6.05. The molecule has 0 radical (unpaired) electrons. The number of hydrogen-bond donors (Lipinski definition) is 4. The van der Waals surface area contributed by atoms with Crippen molar-refractivity contribution >= 4 is 11.8 Å². The van der Waals surface area contributed by atoms with Crippen molar-refractivity contribution in [1.82, 2.24) is 16.0 Å². The van der Waals surface area contributed by atoms with Gasteiger partial charge < -0.3 is 25.8 Å². The van der Waals surface area contributed by atoms with Crippen molar-refractivity contribution in [2.75, 3.05) is 20.2 Å². The molecule has 0 aliphatic carbocycles. The Bertz CT molecular complexity index is 1110. The second kappa shape index (κ2) is 13.4. The van der Waals surface area contributed by atoms with Crippen molar-refractivity contribution in [1.29, 1.82) is 0 Å². The van der Waals surface area contributed by atoms with Crippen LogP contribution in [0.5, 0.6) is 5.75 Å². The molecular formula is C29H35N3O4. The molecule has 3 rings (SSSR count). The van der Waals surface area contributed by atoms with Gasteiger partial charge in [0.05, 0.1) is 18.8 Å². The van der Waals surface area contributed by atoms with Crippen molar-refractivity contribution in [3.8, 4) is 5.75 Å². The Morgan fingerprint density at radius 2 is 1.61 bits per heavy atom. The van der Waals surface area contributed by atoms with Crippen LogP contribution in [0.25, 0.3) is 0 Å². The van der Waals surface area contributed by atoms with E-state index in [1.54, 1.807) is 31.4 Å². The van der Waals surface area contributed by atoms with E-state index in [9.17, 15) is 14.7 Å². The summed E-state index contributed by atoms with van der Waals surface area (Å²) in [4.78, 5) is 25.1. The minimum absolute atomic E-state index is 0.104. The van der Waals surface area contributed by atoms with Gasteiger partial charge in [-0.15, -0.1) is 0 Å². The Morgan fingerprint density at radius 3 is 2.31 bits per heavy atom. The third kappa shape index (κ3) is 8.22. The van der Waals surface area contributed by atoms with Crippen LogP contribution in [0.4, 0.5) is 0 Å². The topological polar surface area (TPSA) is 99.7 Å². The fraction of sp³-hybridized carbons (Fsp3) is 0.310. The molecule has 2 amide bonds. The van der Waals surface area contributed by atoms with E-state index in [4.69, 9.17) is 4.74 Å². The van der Waals surface area contributed by atoms with E-state index in [1.165, 1.54) is 0 Å². The lowest BCUT2D eigenvalue weighted by atomic mass is 9.86. The highest BCUT2D eigenvalue weighted by Crippen LogP contribution is 2.19. The number of aliphatic hydroxyl groups excluding tert-OH is 1. The molecule has 0 saturated heterocycles. The normalized spacial score (nSPS) is 13.3. The van der Waals surface area contributed by atoms with Crippen molar-refractivity contribution in [3.05, 3.63) is 102 Å². The van der Waals surface area contributed by atoms with Crippen molar-refractivity contribution < 1.29 is 19.4 Å². The molecular weight excluding hydrogens is 454 g/mol. The Kier molecular flexibility index (Phi) is 10.0. The lowest BCUT2D eigenvalue weighted by molar-refractivity contribution is -0.124. The number of aliphatic hydroxyl groups is 1. The van der Waals surface area contributed by atoms with Crippen LogP contribution in [-0.2, 0) is 17.8 Å². The van der Waals surface area contributed by atoms with Crippen LogP contribution in [0.1, 0.15) is 34.8 Å². The summed E-state index contributed by atoms with van der Waals surface area (Å²) in [6, 6.07) is 26.3. The second-order valence-electron chi connectivity index (χ2n) is 9.00. The summed E-state index contributed by atoms with van der Waals surface area (Å²) in [5.74, 6) is 0.307. The first-order chi connectivity index (χ1) is 17.4. The maximum atomic E-state index is 12.8. The van der Waals surface area contributed by atoms with E-state index in [-0.39, 0.29) is 31.3 Å². The predicted molar refractivity (Wildman–Crippen MR) is 141 cm³/mol. The highest BCUT2D eigenvalue weighted by atomic mass is 16.5. The first kappa shape index (κ1) is 26.9. The fourth-order valence-electron chi connectivity index (χ4n) is 3.99. The van der Waals surface area contributed by atoms with Gasteiger partial charge in [-0.2, -0.15) is 0 Å². The van der Waals surface area contributed by atoms with Gasteiger partial charge in [0, 0.05) is 31.6 Å². The molecule has 0 saturated carbocycles. The summed E-state index contributed by atoms with van der Waals surface area (Å²) in [7, 11) is 1.63. The zero-order valence-corrected chi connectivity index (χ0v) is 20.9. The van der Waals surface area contributed by atoms with E-state index in [1.807, 2.05) is 67.6 Å². The van der Waals surface area contributed by atoms with Crippen LogP contribution < -0.4 is 20.7 Å². The van der Waals surface area contributed by atoms with Gasteiger partial charge in [-0.3, -0.25) is 9.59 Å². The SMILES string of the molecule is COc1cccc(CNC[C@@H](O)[C@](C)(Cc2ccccc2)NC(=O)CCNC(=O)c2ccccc2)c1. The Morgan fingerprint density at radius 1 is 0.944 bits per heavy atom. The van der Waals surface area contributed by atoms with Crippen LogP contribution in [0, 0.1) is 0 Å². The second-order valence-corrected chi connectivity index (χ2v) is 9.00. The standard InChI is InChI=1S/C29H35N3O4/c1-29(19-22-10-5-3-6-11-22,26(33)21-30-20-23-12-9-15-25(18-23)36-2)32-27(34)16-17-31-28(35)24-13-7-4-8-14-24/h3-15,18,26,30,33H,16-17,19-21H2,1-2H3,(H,31,35)(H,32,34)/t26-,29+/m1/s1. The van der Waals surface area contributed by atoms with Crippen molar-refractivity contribution in [2.45, 2.75) is 38.0 Å². The molecule has 0 aliphatic rings. The number of ether oxygens (including phenoxy) is 1. The van der Waals surface area contributed by atoms with Gasteiger partial charge >= 0.3 is 0 Å². The maximum Gasteiger partial charge on any atom is 0.251 e. The van der Waals surface area contributed by atoms with Crippen LogP contribution in [0.3, 0.4) is 0 Å². The van der Waals surface area contributed by atoms with Gasteiger partial charge in [0.25, 0.3) is 5.91 Å². The summed E-state index contributed by atoms with van der Waals surface area (Å²) in [5.41, 5.74) is 1.67.